The predicted octanol–water partition coefficient (Wildman–Crippen LogP) is 6.18. The molecule has 1 amide bonds. The molecule has 10 heteroatoms. The van der Waals surface area contributed by atoms with E-state index in [-0.39, 0.29) is 24.1 Å². The summed E-state index contributed by atoms with van der Waals surface area (Å²) in [6, 6.07) is 14.2. The molecular formula is C31H26F4N4O2. The molecule has 0 aliphatic heterocycles. The zero-order chi connectivity index (χ0) is 29.1. The number of aliphatic hydroxyl groups is 1. The Hall–Kier alpha value is -4.70. The molecule has 0 radical (unpaired) electrons. The van der Waals surface area contributed by atoms with Gasteiger partial charge in [-0.25, -0.2) is 17.6 Å². The zero-order valence-corrected chi connectivity index (χ0v) is 21.9. The number of fused-ring (bicyclic) bond motifs is 1. The molecule has 0 fully saturated rings. The van der Waals surface area contributed by atoms with Crippen LogP contribution in [0, 0.1) is 23.3 Å². The van der Waals surface area contributed by atoms with Crippen molar-refractivity contribution in [2.24, 2.45) is 0 Å². The molecule has 2 aromatic heterocycles. The number of carbonyl (C=O) groups is 1. The van der Waals surface area contributed by atoms with Crippen LogP contribution in [0.25, 0.3) is 22.0 Å². The zero-order valence-electron chi connectivity index (χ0n) is 21.9. The highest BCUT2D eigenvalue weighted by Crippen LogP contribution is 2.32. The van der Waals surface area contributed by atoms with Crippen molar-refractivity contribution in [2.75, 3.05) is 5.32 Å². The van der Waals surface area contributed by atoms with Gasteiger partial charge in [0.2, 0.25) is 5.91 Å². The monoisotopic (exact) mass is 562 g/mol. The third-order valence-electron chi connectivity index (χ3n) is 6.59. The van der Waals surface area contributed by atoms with E-state index in [0.29, 0.717) is 33.3 Å². The summed E-state index contributed by atoms with van der Waals surface area (Å²) in [7, 11) is 0. The van der Waals surface area contributed by atoms with E-state index in [2.05, 4.69) is 20.6 Å². The second-order valence-corrected chi connectivity index (χ2v) is 9.73. The second-order valence-electron chi connectivity index (χ2n) is 9.73. The molecule has 2 atom stereocenters. The number of nitrogens with one attached hydrogen (secondary N) is 3. The number of carbonyl (C=O) groups excluding carboxylic acids is 1. The Bertz CT molecular complexity index is 1700. The van der Waals surface area contributed by atoms with E-state index in [9.17, 15) is 27.5 Å². The number of pyridine rings is 1. The van der Waals surface area contributed by atoms with Crippen LogP contribution in [0.1, 0.15) is 29.8 Å². The number of anilines is 1. The summed E-state index contributed by atoms with van der Waals surface area (Å²) in [5, 5.41) is 15.8. The average molecular weight is 563 g/mol. The van der Waals surface area contributed by atoms with Crippen molar-refractivity contribution < 1.29 is 27.5 Å². The highest BCUT2D eigenvalue weighted by Gasteiger charge is 2.23. The summed E-state index contributed by atoms with van der Waals surface area (Å²) >= 11 is 0. The van der Waals surface area contributed by atoms with Crippen LogP contribution in [0.5, 0.6) is 0 Å². The van der Waals surface area contributed by atoms with Gasteiger partial charge in [0, 0.05) is 34.9 Å². The van der Waals surface area contributed by atoms with Crippen molar-refractivity contribution >= 4 is 22.5 Å². The van der Waals surface area contributed by atoms with Crippen LogP contribution >= 0.6 is 0 Å². The molecule has 0 aliphatic carbocycles. The molecule has 3 aromatic carbocycles. The number of halogens is 4. The Kier molecular flexibility index (Phi) is 8.02. The van der Waals surface area contributed by atoms with Gasteiger partial charge in [-0.05, 0) is 78.6 Å². The maximum Gasteiger partial charge on any atom is 0.225 e. The Labute approximate surface area is 233 Å². The second kappa shape index (κ2) is 11.8. The smallest absolute Gasteiger partial charge is 0.225 e. The fourth-order valence-corrected chi connectivity index (χ4v) is 4.86. The van der Waals surface area contributed by atoms with Crippen molar-refractivity contribution in [1.29, 1.82) is 0 Å². The lowest BCUT2D eigenvalue weighted by Gasteiger charge is -2.22. The first kappa shape index (κ1) is 27.9. The van der Waals surface area contributed by atoms with Gasteiger partial charge < -0.3 is 20.7 Å². The first-order chi connectivity index (χ1) is 19.7. The molecular weight excluding hydrogens is 536 g/mol. The Morgan fingerprint density at radius 3 is 2.51 bits per heavy atom. The van der Waals surface area contributed by atoms with Crippen molar-refractivity contribution in [1.82, 2.24) is 15.3 Å². The standard InChI is InChI=1S/C31H26F4N4O2/c1-17(40)38-28-12-19(4-6-26(28)35)24-3-2-8-36-31(24)29(11-18-9-22(33)14-23(34)10-18)39-30(41)13-20-16-37-27-7-5-21(32)15-25(20)27/h2-10,12,14-17,29,37-38,40H,11,13H2,1H3,(H,39,41)/t17?,29-/m0/s1. The number of aliphatic hydroxyl groups excluding tert-OH is 1. The van der Waals surface area contributed by atoms with E-state index in [0.717, 1.165) is 6.07 Å². The molecule has 41 heavy (non-hydrogen) atoms. The summed E-state index contributed by atoms with van der Waals surface area (Å²) < 4.78 is 56.4. The van der Waals surface area contributed by atoms with Crippen molar-refractivity contribution in [2.45, 2.75) is 32.0 Å². The van der Waals surface area contributed by atoms with E-state index in [1.165, 1.54) is 55.6 Å². The van der Waals surface area contributed by atoms with E-state index in [4.69, 9.17) is 0 Å². The van der Waals surface area contributed by atoms with Gasteiger partial charge in [-0.1, -0.05) is 12.1 Å². The molecule has 0 saturated carbocycles. The Balaban J connectivity index is 1.52. The summed E-state index contributed by atoms with van der Waals surface area (Å²) in [6.07, 6.45) is 2.03. The minimum absolute atomic E-state index is 0.00702. The summed E-state index contributed by atoms with van der Waals surface area (Å²) in [5.74, 6) is -2.97. The Morgan fingerprint density at radius 2 is 1.76 bits per heavy atom. The first-order valence-corrected chi connectivity index (χ1v) is 12.9. The number of hydrogen-bond acceptors (Lipinski definition) is 4. The van der Waals surface area contributed by atoms with Crippen LogP contribution in [-0.4, -0.2) is 27.2 Å². The van der Waals surface area contributed by atoms with Crippen LogP contribution in [0.15, 0.2) is 79.1 Å². The third kappa shape index (κ3) is 6.55. The lowest BCUT2D eigenvalue weighted by atomic mass is 9.94. The van der Waals surface area contributed by atoms with Crippen molar-refractivity contribution in [3.8, 4) is 11.1 Å². The molecule has 4 N–H and O–H groups in total. The molecule has 5 aromatic rings. The molecule has 5 rings (SSSR count). The van der Waals surface area contributed by atoms with Crippen LogP contribution in [0.3, 0.4) is 0 Å². The maximum atomic E-state index is 14.4. The van der Waals surface area contributed by atoms with Gasteiger partial charge in [-0.3, -0.25) is 9.78 Å². The van der Waals surface area contributed by atoms with Gasteiger partial charge >= 0.3 is 0 Å². The molecule has 2 heterocycles. The molecule has 0 saturated heterocycles. The summed E-state index contributed by atoms with van der Waals surface area (Å²) in [5.41, 5.74) is 3.05. The fourth-order valence-electron chi connectivity index (χ4n) is 4.86. The number of aromatic nitrogens is 2. The van der Waals surface area contributed by atoms with Crippen molar-refractivity contribution in [3.05, 3.63) is 119 Å². The van der Waals surface area contributed by atoms with Gasteiger partial charge in [0.25, 0.3) is 0 Å². The van der Waals surface area contributed by atoms with E-state index in [1.54, 1.807) is 24.4 Å². The van der Waals surface area contributed by atoms with Gasteiger partial charge in [0.05, 0.1) is 23.8 Å². The molecule has 0 spiro atoms. The summed E-state index contributed by atoms with van der Waals surface area (Å²) in [4.78, 5) is 20.8. The lowest BCUT2D eigenvalue weighted by molar-refractivity contribution is -0.121. The molecule has 0 aliphatic rings. The van der Waals surface area contributed by atoms with Crippen molar-refractivity contribution in [3.63, 3.8) is 0 Å². The fraction of sp³-hybridized carbons (Fsp3) is 0.161. The van der Waals surface area contributed by atoms with E-state index < -0.39 is 41.4 Å². The lowest BCUT2D eigenvalue weighted by Crippen LogP contribution is -2.32. The number of benzene rings is 3. The van der Waals surface area contributed by atoms with Crippen LogP contribution < -0.4 is 10.6 Å². The van der Waals surface area contributed by atoms with E-state index >= 15 is 0 Å². The van der Waals surface area contributed by atoms with Crippen LogP contribution in [0.4, 0.5) is 23.2 Å². The van der Waals surface area contributed by atoms with Gasteiger partial charge in [0.15, 0.2) is 0 Å². The minimum Gasteiger partial charge on any atom is -0.374 e. The number of hydrogen-bond donors (Lipinski definition) is 4. The number of H-pyrrole nitrogens is 1. The van der Waals surface area contributed by atoms with Crippen LogP contribution in [-0.2, 0) is 17.6 Å². The topological polar surface area (TPSA) is 90.0 Å². The number of rotatable bonds is 9. The van der Waals surface area contributed by atoms with Gasteiger partial charge in [-0.15, -0.1) is 0 Å². The molecule has 1 unspecified atom stereocenters. The molecule has 0 bridgehead atoms. The highest BCUT2D eigenvalue weighted by atomic mass is 19.1. The highest BCUT2D eigenvalue weighted by molar-refractivity contribution is 5.89. The normalized spacial score (nSPS) is 12.7. The number of nitrogens with zero attached hydrogens (tertiary/aromatic N) is 1. The number of aromatic amines is 1. The minimum atomic E-state index is -1.01. The maximum absolute atomic E-state index is 14.4. The van der Waals surface area contributed by atoms with E-state index in [1.807, 2.05) is 0 Å². The SMILES string of the molecule is CC(O)Nc1cc(-c2cccnc2[C@H](Cc2cc(F)cc(F)c2)NC(=O)Cc2c[nH]c3ccc(F)cc23)ccc1F. The molecule has 210 valence electrons. The van der Waals surface area contributed by atoms with Gasteiger partial charge in [0.1, 0.15) is 29.5 Å². The third-order valence-corrected chi connectivity index (χ3v) is 6.59. The largest absolute Gasteiger partial charge is 0.374 e. The average Bonchev–Trinajstić information content (AvgIpc) is 3.30. The predicted molar refractivity (Wildman–Crippen MR) is 148 cm³/mol. The summed E-state index contributed by atoms with van der Waals surface area (Å²) in [6.45, 7) is 1.45. The van der Waals surface area contributed by atoms with Gasteiger partial charge in [-0.2, -0.15) is 0 Å². The Morgan fingerprint density at radius 1 is 0.976 bits per heavy atom. The van der Waals surface area contributed by atoms with Crippen LogP contribution in [0.2, 0.25) is 0 Å². The first-order valence-electron chi connectivity index (χ1n) is 12.9. The number of amides is 1. The molecule has 6 nitrogen and oxygen atoms in total. The quantitative estimate of drug-likeness (QED) is 0.128.